The van der Waals surface area contributed by atoms with E-state index in [1.54, 1.807) is 0 Å². The van der Waals surface area contributed by atoms with Gasteiger partial charge in [0.1, 0.15) is 6.17 Å². The van der Waals surface area contributed by atoms with Crippen LogP contribution in [0.15, 0.2) is 158 Å². The van der Waals surface area contributed by atoms with E-state index in [9.17, 15) is 0 Å². The molecule has 1 aliphatic rings. The number of anilines is 1. The molecule has 1 N–H and O–H groups in total. The van der Waals surface area contributed by atoms with Crippen molar-refractivity contribution in [3.05, 3.63) is 174 Å². The van der Waals surface area contributed by atoms with Crippen molar-refractivity contribution in [2.24, 2.45) is 0 Å². The van der Waals surface area contributed by atoms with Crippen LogP contribution in [-0.4, -0.2) is 0 Å². The Kier molecular flexibility index (Phi) is 5.30. The Morgan fingerprint density at radius 3 is 1.63 bits per heavy atom. The maximum Gasteiger partial charge on any atom is 0.131 e. The lowest BCUT2D eigenvalue weighted by molar-refractivity contribution is 0.685. The number of nitrogens with one attached hydrogen (secondary N) is 1. The second-order valence-corrected chi connectivity index (χ2v) is 11.3. The van der Waals surface area contributed by atoms with E-state index < -0.39 is 0 Å². The monoisotopic (exact) mass is 548 g/mol. The van der Waals surface area contributed by atoms with Crippen LogP contribution in [0.25, 0.3) is 54.5 Å². The highest BCUT2D eigenvalue weighted by atomic mass is 15.3. The first-order valence-electron chi connectivity index (χ1n) is 14.9. The molecule has 2 nitrogen and oxygen atoms in total. The molecule has 1 aliphatic heterocycles. The standard InChI is InChI=1S/C41H28N2/c1-4-13-28(14-5-1)39-40(29-15-6-2-7-16-29)43(30-19-8-3-9-20-30)41(42-39)36-26-25-35-32-22-11-18-27-17-10-21-31(37(27)32)33-23-12-24-34(36)38(33)35/h1-26,41-42H. The van der Waals surface area contributed by atoms with E-state index in [2.05, 4.69) is 168 Å². The number of hydrogen-bond acceptors (Lipinski definition) is 2. The molecule has 2 heteroatoms. The van der Waals surface area contributed by atoms with Gasteiger partial charge in [0.2, 0.25) is 0 Å². The molecule has 8 aromatic carbocycles. The summed E-state index contributed by atoms with van der Waals surface area (Å²) in [5, 5.41) is 14.5. The second-order valence-electron chi connectivity index (χ2n) is 11.3. The minimum absolute atomic E-state index is 0.106. The van der Waals surface area contributed by atoms with Gasteiger partial charge in [0.05, 0.1) is 11.4 Å². The van der Waals surface area contributed by atoms with Crippen LogP contribution in [0.2, 0.25) is 0 Å². The molecule has 0 bridgehead atoms. The first-order chi connectivity index (χ1) is 21.4. The molecule has 0 saturated carbocycles. The maximum absolute atomic E-state index is 4.03. The highest BCUT2D eigenvalue weighted by molar-refractivity contribution is 6.33. The third-order valence-electron chi connectivity index (χ3n) is 9.02. The van der Waals surface area contributed by atoms with Crippen molar-refractivity contribution in [2.75, 3.05) is 4.90 Å². The number of nitrogens with zero attached hydrogens (tertiary/aromatic N) is 1. The molecule has 43 heavy (non-hydrogen) atoms. The zero-order valence-corrected chi connectivity index (χ0v) is 23.5. The van der Waals surface area contributed by atoms with Gasteiger partial charge in [-0.2, -0.15) is 0 Å². The normalized spacial score (nSPS) is 15.3. The zero-order valence-electron chi connectivity index (χ0n) is 23.5. The fourth-order valence-electron chi connectivity index (χ4n) is 7.21. The maximum atomic E-state index is 4.03. The number of para-hydroxylation sites is 1. The summed E-state index contributed by atoms with van der Waals surface area (Å²) in [6, 6.07) is 57.2. The molecule has 0 saturated heterocycles. The average Bonchev–Trinajstić information content (AvgIpc) is 3.48. The topological polar surface area (TPSA) is 15.3 Å². The van der Waals surface area contributed by atoms with Crippen LogP contribution in [0.1, 0.15) is 22.9 Å². The lowest BCUT2D eigenvalue weighted by atomic mass is 9.88. The summed E-state index contributed by atoms with van der Waals surface area (Å²) >= 11 is 0. The zero-order chi connectivity index (χ0) is 28.3. The predicted octanol–water partition coefficient (Wildman–Crippen LogP) is 10.4. The molecule has 0 aliphatic carbocycles. The summed E-state index contributed by atoms with van der Waals surface area (Å²) in [6.07, 6.45) is -0.106. The Hall–Kier alpha value is -5.60. The second kappa shape index (κ2) is 9.47. The third kappa shape index (κ3) is 3.60. The summed E-state index contributed by atoms with van der Waals surface area (Å²) in [5.41, 5.74) is 7.09. The van der Waals surface area contributed by atoms with Gasteiger partial charge in [-0.15, -0.1) is 0 Å². The fourth-order valence-corrected chi connectivity index (χ4v) is 7.21. The van der Waals surface area contributed by atoms with E-state index >= 15 is 0 Å². The van der Waals surface area contributed by atoms with Crippen LogP contribution in [-0.2, 0) is 0 Å². The number of benzene rings is 8. The van der Waals surface area contributed by atoms with Gasteiger partial charge in [0.15, 0.2) is 0 Å². The number of hydrogen-bond donors (Lipinski definition) is 1. The van der Waals surface area contributed by atoms with Crippen molar-refractivity contribution in [1.82, 2.24) is 5.32 Å². The highest BCUT2D eigenvalue weighted by Crippen LogP contribution is 2.47. The molecule has 0 fully saturated rings. The first-order valence-corrected chi connectivity index (χ1v) is 14.9. The Bertz CT molecular complexity index is 2250. The van der Waals surface area contributed by atoms with Crippen LogP contribution < -0.4 is 10.2 Å². The van der Waals surface area contributed by atoms with Gasteiger partial charge in [0, 0.05) is 16.8 Å². The van der Waals surface area contributed by atoms with Crippen molar-refractivity contribution >= 4 is 60.2 Å². The van der Waals surface area contributed by atoms with Crippen molar-refractivity contribution in [3.63, 3.8) is 0 Å². The summed E-state index contributed by atoms with van der Waals surface area (Å²) in [7, 11) is 0. The summed E-state index contributed by atoms with van der Waals surface area (Å²) in [5.74, 6) is 0. The summed E-state index contributed by atoms with van der Waals surface area (Å²) in [4.78, 5) is 2.49. The molecule has 202 valence electrons. The SMILES string of the molecule is c1ccc(C2=C(c3ccccc3)N(c3ccccc3)C(c3ccc4c5cccc6cccc(c7cccc3c74)c65)N2)cc1. The molecule has 0 amide bonds. The van der Waals surface area contributed by atoms with Gasteiger partial charge in [-0.25, -0.2) is 0 Å². The smallest absolute Gasteiger partial charge is 0.131 e. The molecule has 0 aromatic heterocycles. The van der Waals surface area contributed by atoms with E-state index in [1.165, 1.54) is 65.5 Å². The molecule has 8 aromatic rings. The average molecular weight is 549 g/mol. The molecular formula is C41H28N2. The predicted molar refractivity (Wildman–Crippen MR) is 182 cm³/mol. The van der Waals surface area contributed by atoms with Gasteiger partial charge in [0.25, 0.3) is 0 Å². The molecular weight excluding hydrogens is 520 g/mol. The molecule has 1 heterocycles. The van der Waals surface area contributed by atoms with E-state index in [4.69, 9.17) is 0 Å². The first kappa shape index (κ1) is 24.0. The fraction of sp³-hybridized carbons (Fsp3) is 0.0244. The Labute approximate surface area is 250 Å². The lowest BCUT2D eigenvalue weighted by Gasteiger charge is -2.31. The Morgan fingerprint density at radius 2 is 0.953 bits per heavy atom. The largest absolute Gasteiger partial charge is 0.359 e. The van der Waals surface area contributed by atoms with Crippen molar-refractivity contribution < 1.29 is 0 Å². The van der Waals surface area contributed by atoms with Crippen LogP contribution in [0.5, 0.6) is 0 Å². The van der Waals surface area contributed by atoms with Gasteiger partial charge in [-0.05, 0) is 60.8 Å². The lowest BCUT2D eigenvalue weighted by Crippen LogP contribution is -2.29. The molecule has 0 spiro atoms. The Morgan fingerprint density at radius 1 is 0.419 bits per heavy atom. The van der Waals surface area contributed by atoms with Crippen molar-refractivity contribution in [3.8, 4) is 0 Å². The van der Waals surface area contributed by atoms with E-state index in [-0.39, 0.29) is 6.17 Å². The molecule has 9 rings (SSSR count). The minimum Gasteiger partial charge on any atom is -0.359 e. The molecule has 1 atom stereocenters. The van der Waals surface area contributed by atoms with Gasteiger partial charge in [-0.3, -0.25) is 0 Å². The van der Waals surface area contributed by atoms with E-state index in [1.807, 2.05) is 0 Å². The van der Waals surface area contributed by atoms with Gasteiger partial charge < -0.3 is 10.2 Å². The van der Waals surface area contributed by atoms with Crippen LogP contribution in [0.4, 0.5) is 5.69 Å². The van der Waals surface area contributed by atoms with Crippen LogP contribution in [0, 0.1) is 0 Å². The highest BCUT2D eigenvalue weighted by Gasteiger charge is 2.36. The van der Waals surface area contributed by atoms with Crippen LogP contribution >= 0.6 is 0 Å². The van der Waals surface area contributed by atoms with E-state index in [0.29, 0.717) is 0 Å². The van der Waals surface area contributed by atoms with Crippen LogP contribution in [0.3, 0.4) is 0 Å². The van der Waals surface area contributed by atoms with Crippen molar-refractivity contribution in [1.29, 1.82) is 0 Å². The quantitative estimate of drug-likeness (QED) is 0.174. The Balaban J connectivity index is 1.35. The minimum atomic E-state index is -0.106. The molecule has 0 radical (unpaired) electrons. The van der Waals surface area contributed by atoms with E-state index in [0.717, 1.165) is 11.4 Å². The third-order valence-corrected chi connectivity index (χ3v) is 9.02. The summed E-state index contributed by atoms with van der Waals surface area (Å²) < 4.78 is 0. The number of fused-ring (bicyclic) bond motifs is 2. The summed E-state index contributed by atoms with van der Waals surface area (Å²) in [6.45, 7) is 0. The van der Waals surface area contributed by atoms with Gasteiger partial charge >= 0.3 is 0 Å². The molecule has 1 unspecified atom stereocenters. The van der Waals surface area contributed by atoms with Crippen molar-refractivity contribution in [2.45, 2.75) is 6.17 Å². The number of rotatable bonds is 4. The van der Waals surface area contributed by atoms with Gasteiger partial charge in [-0.1, -0.05) is 146 Å².